The third-order valence-corrected chi connectivity index (χ3v) is 6.42. The molecule has 1 aromatic carbocycles. The molecular weight excluding hydrogens is 406 g/mol. The fourth-order valence-electron chi connectivity index (χ4n) is 3.68. The van der Waals surface area contributed by atoms with E-state index in [1.165, 1.54) is 11.8 Å². The molecule has 0 amide bonds. The van der Waals surface area contributed by atoms with Gasteiger partial charge >= 0.3 is 0 Å². The number of hydrogen-bond donors (Lipinski definition) is 2. The van der Waals surface area contributed by atoms with Crippen LogP contribution in [-0.2, 0) is 6.42 Å². The van der Waals surface area contributed by atoms with Crippen molar-refractivity contribution >= 4 is 51.2 Å². The topological polar surface area (TPSA) is 96.6 Å². The molecular formula is C20H20ClN7S. The zero-order chi connectivity index (χ0) is 20.0. The molecule has 1 aliphatic rings. The lowest BCUT2D eigenvalue weighted by Crippen LogP contribution is -2.27. The van der Waals surface area contributed by atoms with E-state index < -0.39 is 0 Å². The maximum Gasteiger partial charge on any atom is 0.196 e. The Morgan fingerprint density at radius 2 is 2.07 bits per heavy atom. The molecule has 0 bridgehead atoms. The van der Waals surface area contributed by atoms with Gasteiger partial charge in [0.2, 0.25) is 0 Å². The number of fused-ring (bicyclic) bond motifs is 2. The number of hydrogen-bond acceptors (Lipinski definition) is 7. The number of H-pyrrole nitrogens is 1. The Hall–Kier alpha value is -2.42. The number of nitrogens with one attached hydrogen (secondary N) is 1. The van der Waals surface area contributed by atoms with E-state index in [-0.39, 0.29) is 6.04 Å². The van der Waals surface area contributed by atoms with Crippen molar-refractivity contribution < 1.29 is 0 Å². The lowest BCUT2D eigenvalue weighted by atomic mass is 10.3. The summed E-state index contributed by atoms with van der Waals surface area (Å²) in [6.07, 6.45) is 5.14. The highest BCUT2D eigenvalue weighted by Gasteiger charge is 2.26. The summed E-state index contributed by atoms with van der Waals surface area (Å²) in [6, 6.07) is 6.13. The molecule has 1 fully saturated rings. The lowest BCUT2D eigenvalue weighted by Gasteiger charge is -2.18. The van der Waals surface area contributed by atoms with E-state index in [1.807, 2.05) is 18.2 Å². The quantitative estimate of drug-likeness (QED) is 0.480. The highest BCUT2D eigenvalue weighted by Crippen LogP contribution is 2.37. The Balaban J connectivity index is 1.59. The van der Waals surface area contributed by atoms with E-state index in [4.69, 9.17) is 27.3 Å². The van der Waals surface area contributed by atoms with Crippen LogP contribution in [0.3, 0.4) is 0 Å². The van der Waals surface area contributed by atoms with E-state index >= 15 is 0 Å². The molecule has 148 valence electrons. The number of benzene rings is 1. The molecule has 3 aromatic heterocycles. The molecule has 4 aromatic rings. The predicted octanol–water partition coefficient (Wildman–Crippen LogP) is 3.81. The van der Waals surface area contributed by atoms with Gasteiger partial charge in [-0.25, -0.2) is 9.97 Å². The van der Waals surface area contributed by atoms with E-state index in [0.29, 0.717) is 10.2 Å². The molecule has 0 unspecified atom stereocenters. The summed E-state index contributed by atoms with van der Waals surface area (Å²) in [5.74, 6) is 0.854. The van der Waals surface area contributed by atoms with Crippen molar-refractivity contribution in [3.8, 4) is 0 Å². The smallest absolute Gasteiger partial charge is 0.196 e. The fraction of sp³-hybridized carbons (Fsp3) is 0.300. The second-order valence-corrected chi connectivity index (χ2v) is 8.55. The Labute approximate surface area is 177 Å². The fourth-order valence-corrected chi connectivity index (χ4v) is 4.82. The molecule has 0 spiro atoms. The average Bonchev–Trinajstić information content (AvgIpc) is 3.30. The Morgan fingerprint density at radius 1 is 1.24 bits per heavy atom. The maximum atomic E-state index is 6.66. The van der Waals surface area contributed by atoms with Crippen LogP contribution >= 0.6 is 23.4 Å². The first-order chi connectivity index (χ1) is 14.1. The third kappa shape index (κ3) is 3.41. The van der Waals surface area contributed by atoms with Crippen LogP contribution in [0.5, 0.6) is 0 Å². The van der Waals surface area contributed by atoms with Crippen molar-refractivity contribution in [2.24, 2.45) is 5.73 Å². The standard InChI is InChI=1S/C20H20ClN7S/c1-2-13-17(21)16-18(25-13)26-20(27-19(16)28-8-5-11(22)10-28)29-12-3-4-14-15(9-12)24-7-6-23-14/h3-4,6-7,9,11H,2,5,8,10,22H2,1H3,(H,25,26,27)/t11-/m0/s1. The number of aromatic nitrogens is 5. The van der Waals surface area contributed by atoms with Gasteiger partial charge in [-0.15, -0.1) is 0 Å². The van der Waals surface area contributed by atoms with Crippen LogP contribution in [0.25, 0.3) is 22.1 Å². The molecule has 5 rings (SSSR count). The van der Waals surface area contributed by atoms with Gasteiger partial charge in [-0.05, 0) is 42.8 Å². The van der Waals surface area contributed by atoms with Gasteiger partial charge in [-0.2, -0.15) is 0 Å². The summed E-state index contributed by atoms with van der Waals surface area (Å²) in [5.41, 5.74) is 9.60. The summed E-state index contributed by atoms with van der Waals surface area (Å²) in [4.78, 5) is 24.9. The third-order valence-electron chi connectivity index (χ3n) is 5.15. The lowest BCUT2D eigenvalue weighted by molar-refractivity contribution is 0.751. The molecule has 29 heavy (non-hydrogen) atoms. The van der Waals surface area contributed by atoms with Crippen LogP contribution in [0.15, 0.2) is 40.6 Å². The predicted molar refractivity (Wildman–Crippen MR) is 117 cm³/mol. The van der Waals surface area contributed by atoms with Gasteiger partial charge in [-0.3, -0.25) is 9.97 Å². The van der Waals surface area contributed by atoms with Gasteiger partial charge < -0.3 is 15.6 Å². The van der Waals surface area contributed by atoms with Gasteiger partial charge in [0.05, 0.1) is 21.4 Å². The first-order valence-corrected chi connectivity index (χ1v) is 10.8. The van der Waals surface area contributed by atoms with Crippen LogP contribution in [0.1, 0.15) is 19.0 Å². The largest absolute Gasteiger partial charge is 0.354 e. The van der Waals surface area contributed by atoms with E-state index in [9.17, 15) is 0 Å². The minimum Gasteiger partial charge on any atom is -0.354 e. The second-order valence-electron chi connectivity index (χ2n) is 7.13. The molecule has 9 heteroatoms. The van der Waals surface area contributed by atoms with Crippen molar-refractivity contribution in [3.63, 3.8) is 0 Å². The van der Waals surface area contributed by atoms with Gasteiger partial charge in [0.15, 0.2) is 5.16 Å². The molecule has 7 nitrogen and oxygen atoms in total. The Bertz CT molecular complexity index is 1210. The minimum atomic E-state index is 0.151. The molecule has 1 aliphatic heterocycles. The van der Waals surface area contributed by atoms with Crippen LogP contribution in [0, 0.1) is 0 Å². The minimum absolute atomic E-state index is 0.151. The van der Waals surface area contributed by atoms with Crippen molar-refractivity contribution in [1.29, 1.82) is 0 Å². The molecule has 0 saturated carbocycles. The molecule has 4 heterocycles. The average molecular weight is 426 g/mol. The molecule has 0 radical (unpaired) electrons. The number of anilines is 1. The Morgan fingerprint density at radius 3 is 2.83 bits per heavy atom. The summed E-state index contributed by atoms with van der Waals surface area (Å²) in [7, 11) is 0. The number of aromatic amines is 1. The van der Waals surface area contributed by atoms with E-state index in [0.717, 1.165) is 64.4 Å². The highest BCUT2D eigenvalue weighted by molar-refractivity contribution is 7.99. The van der Waals surface area contributed by atoms with Crippen molar-refractivity contribution in [3.05, 3.63) is 41.3 Å². The van der Waals surface area contributed by atoms with Gasteiger partial charge in [0.25, 0.3) is 0 Å². The first kappa shape index (κ1) is 18.6. The maximum absolute atomic E-state index is 6.66. The van der Waals surface area contributed by atoms with E-state index in [1.54, 1.807) is 12.4 Å². The zero-order valence-corrected chi connectivity index (χ0v) is 17.5. The van der Waals surface area contributed by atoms with Crippen LogP contribution in [0.4, 0.5) is 5.82 Å². The van der Waals surface area contributed by atoms with Crippen molar-refractivity contribution in [2.45, 2.75) is 35.9 Å². The first-order valence-electron chi connectivity index (χ1n) is 9.59. The number of rotatable bonds is 4. The summed E-state index contributed by atoms with van der Waals surface area (Å²) in [6.45, 7) is 3.71. The highest BCUT2D eigenvalue weighted by atomic mass is 35.5. The second kappa shape index (κ2) is 7.44. The molecule has 0 aliphatic carbocycles. The normalized spacial score (nSPS) is 16.9. The summed E-state index contributed by atoms with van der Waals surface area (Å²) < 4.78 is 0. The molecule has 1 saturated heterocycles. The molecule has 1 atom stereocenters. The van der Waals surface area contributed by atoms with Gasteiger partial charge in [0, 0.05) is 42.1 Å². The van der Waals surface area contributed by atoms with Crippen molar-refractivity contribution in [1.82, 2.24) is 24.9 Å². The number of nitrogens with zero attached hydrogens (tertiary/aromatic N) is 5. The van der Waals surface area contributed by atoms with Gasteiger partial charge in [-0.1, -0.05) is 18.5 Å². The number of aryl methyl sites for hydroxylation is 1. The van der Waals surface area contributed by atoms with Crippen LogP contribution in [-0.4, -0.2) is 44.1 Å². The number of halogens is 1. The van der Waals surface area contributed by atoms with Gasteiger partial charge in [0.1, 0.15) is 11.5 Å². The molecule has 3 N–H and O–H groups in total. The van der Waals surface area contributed by atoms with Crippen LogP contribution < -0.4 is 10.6 Å². The number of nitrogens with two attached hydrogens (primary N) is 1. The van der Waals surface area contributed by atoms with E-state index in [2.05, 4.69) is 26.8 Å². The van der Waals surface area contributed by atoms with Crippen molar-refractivity contribution in [2.75, 3.05) is 18.0 Å². The monoisotopic (exact) mass is 425 g/mol. The zero-order valence-electron chi connectivity index (χ0n) is 15.9. The Kier molecular flexibility index (Phi) is 4.77. The van der Waals surface area contributed by atoms with Crippen LogP contribution in [0.2, 0.25) is 5.02 Å². The summed E-state index contributed by atoms with van der Waals surface area (Å²) in [5, 5.41) is 2.25. The summed E-state index contributed by atoms with van der Waals surface area (Å²) >= 11 is 8.17. The SMILES string of the molecule is CCc1[nH]c2nc(Sc3ccc4nccnc4c3)nc(N3CC[C@H](N)C3)c2c1Cl.